The van der Waals surface area contributed by atoms with Crippen molar-refractivity contribution in [3.63, 3.8) is 0 Å². The van der Waals surface area contributed by atoms with Gasteiger partial charge in [0.15, 0.2) is 0 Å². The molecule has 0 spiro atoms. The van der Waals surface area contributed by atoms with Crippen molar-refractivity contribution in [3.8, 4) is 0 Å². The number of rotatable bonds is 7. The molecule has 1 unspecified atom stereocenters. The molecule has 0 bridgehead atoms. The van der Waals surface area contributed by atoms with E-state index in [0.717, 1.165) is 19.5 Å². The monoisotopic (exact) mass is 198 g/mol. The van der Waals surface area contributed by atoms with Gasteiger partial charge in [-0.25, -0.2) is 0 Å². The van der Waals surface area contributed by atoms with Crippen molar-refractivity contribution in [1.29, 1.82) is 0 Å². The number of carbonyl (C=O) groups excluding carboxylic acids is 1. The molecule has 1 atom stereocenters. The first-order valence-corrected chi connectivity index (χ1v) is 5.72. The van der Waals surface area contributed by atoms with Crippen molar-refractivity contribution in [2.24, 2.45) is 5.92 Å². The van der Waals surface area contributed by atoms with Crippen LogP contribution in [0.25, 0.3) is 0 Å². The molecule has 1 aliphatic rings. The first-order valence-electron chi connectivity index (χ1n) is 5.72. The maximum Gasteiger partial charge on any atom is 0.221 e. The summed E-state index contributed by atoms with van der Waals surface area (Å²) in [5.41, 5.74) is 0. The molecule has 0 aromatic rings. The van der Waals surface area contributed by atoms with Crippen molar-refractivity contribution in [2.45, 2.75) is 45.6 Å². The molecule has 0 aliphatic heterocycles. The van der Waals surface area contributed by atoms with Crippen LogP contribution in [0.1, 0.15) is 39.5 Å². The van der Waals surface area contributed by atoms with Crippen LogP contribution in [-0.4, -0.2) is 25.0 Å². The van der Waals surface area contributed by atoms with Crippen LogP contribution in [0.3, 0.4) is 0 Å². The average Bonchev–Trinajstić information content (AvgIpc) is 2.98. The first kappa shape index (κ1) is 11.5. The molecule has 1 fully saturated rings. The zero-order chi connectivity index (χ0) is 10.4. The predicted octanol–water partition coefficient (Wildman–Crippen LogP) is 1.29. The van der Waals surface area contributed by atoms with Crippen molar-refractivity contribution in [2.75, 3.05) is 13.1 Å². The SMILES string of the molecule is CCC(C)CNC(=O)CCNC1CC1. The minimum absolute atomic E-state index is 0.179. The Balaban J connectivity index is 1.92. The molecule has 3 nitrogen and oxygen atoms in total. The lowest BCUT2D eigenvalue weighted by Crippen LogP contribution is -2.31. The van der Waals surface area contributed by atoms with E-state index in [4.69, 9.17) is 0 Å². The quantitative estimate of drug-likeness (QED) is 0.647. The van der Waals surface area contributed by atoms with E-state index in [-0.39, 0.29) is 5.91 Å². The van der Waals surface area contributed by atoms with Gasteiger partial charge in [0, 0.05) is 25.6 Å². The lowest BCUT2D eigenvalue weighted by molar-refractivity contribution is -0.121. The van der Waals surface area contributed by atoms with Gasteiger partial charge in [-0.15, -0.1) is 0 Å². The maximum absolute atomic E-state index is 11.3. The van der Waals surface area contributed by atoms with Gasteiger partial charge in [0.1, 0.15) is 0 Å². The summed E-state index contributed by atoms with van der Waals surface area (Å²) in [5, 5.41) is 6.28. The van der Waals surface area contributed by atoms with E-state index in [1.54, 1.807) is 0 Å². The van der Waals surface area contributed by atoms with E-state index < -0.39 is 0 Å². The largest absolute Gasteiger partial charge is 0.356 e. The molecule has 1 rings (SSSR count). The number of hydrogen-bond donors (Lipinski definition) is 2. The van der Waals surface area contributed by atoms with E-state index in [9.17, 15) is 4.79 Å². The third-order valence-electron chi connectivity index (χ3n) is 2.71. The zero-order valence-electron chi connectivity index (χ0n) is 9.31. The van der Waals surface area contributed by atoms with E-state index in [1.807, 2.05) is 0 Å². The summed E-state index contributed by atoms with van der Waals surface area (Å²) < 4.78 is 0. The van der Waals surface area contributed by atoms with Gasteiger partial charge in [0.2, 0.25) is 5.91 Å². The molecule has 3 heteroatoms. The molecule has 1 aliphatic carbocycles. The maximum atomic E-state index is 11.3. The van der Waals surface area contributed by atoms with Crippen LogP contribution in [0.4, 0.5) is 0 Å². The van der Waals surface area contributed by atoms with Crippen LogP contribution >= 0.6 is 0 Å². The van der Waals surface area contributed by atoms with Gasteiger partial charge in [0.05, 0.1) is 0 Å². The van der Waals surface area contributed by atoms with Crippen molar-refractivity contribution in [1.82, 2.24) is 10.6 Å². The Morgan fingerprint density at radius 2 is 2.21 bits per heavy atom. The molecule has 2 N–H and O–H groups in total. The Morgan fingerprint density at radius 3 is 2.79 bits per heavy atom. The third-order valence-corrected chi connectivity index (χ3v) is 2.71. The summed E-state index contributed by atoms with van der Waals surface area (Å²) in [6.45, 7) is 5.95. The number of nitrogens with one attached hydrogen (secondary N) is 2. The minimum Gasteiger partial charge on any atom is -0.356 e. The lowest BCUT2D eigenvalue weighted by atomic mass is 10.1. The summed E-state index contributed by atoms with van der Waals surface area (Å²) >= 11 is 0. The fourth-order valence-electron chi connectivity index (χ4n) is 1.20. The topological polar surface area (TPSA) is 41.1 Å². The Hall–Kier alpha value is -0.570. The molecule has 1 saturated carbocycles. The van der Waals surface area contributed by atoms with Crippen LogP contribution in [0.2, 0.25) is 0 Å². The fraction of sp³-hybridized carbons (Fsp3) is 0.909. The van der Waals surface area contributed by atoms with Gasteiger partial charge >= 0.3 is 0 Å². The second-order valence-electron chi connectivity index (χ2n) is 4.30. The van der Waals surface area contributed by atoms with Gasteiger partial charge in [-0.1, -0.05) is 20.3 Å². The molecule has 82 valence electrons. The van der Waals surface area contributed by atoms with Gasteiger partial charge < -0.3 is 10.6 Å². The smallest absolute Gasteiger partial charge is 0.221 e. The molecule has 1 amide bonds. The van der Waals surface area contributed by atoms with Gasteiger partial charge in [-0.3, -0.25) is 4.79 Å². The van der Waals surface area contributed by atoms with E-state index in [1.165, 1.54) is 12.8 Å². The molecule has 0 saturated heterocycles. The highest BCUT2D eigenvalue weighted by Crippen LogP contribution is 2.18. The van der Waals surface area contributed by atoms with Crippen molar-refractivity contribution >= 4 is 5.91 Å². The minimum atomic E-state index is 0.179. The zero-order valence-corrected chi connectivity index (χ0v) is 9.31. The number of amides is 1. The highest BCUT2D eigenvalue weighted by molar-refractivity contribution is 5.76. The van der Waals surface area contributed by atoms with Crippen LogP contribution in [0.5, 0.6) is 0 Å². The van der Waals surface area contributed by atoms with Crippen LogP contribution in [-0.2, 0) is 4.79 Å². The van der Waals surface area contributed by atoms with Crippen LogP contribution in [0.15, 0.2) is 0 Å². The Kier molecular flexibility index (Phi) is 4.94. The second-order valence-corrected chi connectivity index (χ2v) is 4.30. The van der Waals surface area contributed by atoms with Crippen molar-refractivity contribution < 1.29 is 4.79 Å². The molecule has 0 radical (unpaired) electrons. The van der Waals surface area contributed by atoms with E-state index in [2.05, 4.69) is 24.5 Å². The molecule has 14 heavy (non-hydrogen) atoms. The van der Waals surface area contributed by atoms with Crippen molar-refractivity contribution in [3.05, 3.63) is 0 Å². The number of carbonyl (C=O) groups is 1. The molecule has 0 aromatic heterocycles. The second kappa shape index (κ2) is 6.02. The highest BCUT2D eigenvalue weighted by Gasteiger charge is 2.19. The summed E-state index contributed by atoms with van der Waals surface area (Å²) in [4.78, 5) is 11.3. The molecular formula is C11H22N2O. The summed E-state index contributed by atoms with van der Waals surface area (Å²) in [6.07, 6.45) is 4.32. The first-order chi connectivity index (χ1) is 6.72. The van der Waals surface area contributed by atoms with Gasteiger partial charge in [0.25, 0.3) is 0 Å². The molecule has 0 heterocycles. The van der Waals surface area contributed by atoms with Crippen LogP contribution in [0, 0.1) is 5.92 Å². The average molecular weight is 198 g/mol. The van der Waals surface area contributed by atoms with E-state index in [0.29, 0.717) is 18.4 Å². The van der Waals surface area contributed by atoms with Gasteiger partial charge in [-0.05, 0) is 18.8 Å². The molecular weight excluding hydrogens is 176 g/mol. The summed E-state index contributed by atoms with van der Waals surface area (Å²) in [5.74, 6) is 0.772. The third kappa shape index (κ3) is 5.22. The van der Waals surface area contributed by atoms with E-state index >= 15 is 0 Å². The standard InChI is InChI=1S/C11H22N2O/c1-3-9(2)8-13-11(14)6-7-12-10-4-5-10/h9-10,12H,3-8H2,1-2H3,(H,13,14). The predicted molar refractivity (Wildman–Crippen MR) is 58.1 cm³/mol. The number of hydrogen-bond acceptors (Lipinski definition) is 2. The molecule has 0 aromatic carbocycles. The highest BCUT2D eigenvalue weighted by atomic mass is 16.1. The van der Waals surface area contributed by atoms with Gasteiger partial charge in [-0.2, -0.15) is 0 Å². The van der Waals surface area contributed by atoms with Crippen LogP contribution < -0.4 is 10.6 Å². The normalized spacial score (nSPS) is 17.9. The fourth-order valence-corrected chi connectivity index (χ4v) is 1.20. The lowest BCUT2D eigenvalue weighted by Gasteiger charge is -2.10. The Labute approximate surface area is 86.6 Å². The summed E-state index contributed by atoms with van der Waals surface area (Å²) in [7, 11) is 0. The summed E-state index contributed by atoms with van der Waals surface area (Å²) in [6, 6.07) is 0.706. The Morgan fingerprint density at radius 1 is 1.50 bits per heavy atom. The Bertz CT molecular complexity index is 178.